The summed E-state index contributed by atoms with van der Waals surface area (Å²) in [7, 11) is 0. The molecule has 1 atom stereocenters. The fourth-order valence-electron chi connectivity index (χ4n) is 2.62. The fourth-order valence-corrected chi connectivity index (χ4v) is 3.58. The van der Waals surface area contributed by atoms with E-state index >= 15 is 0 Å². The van der Waals surface area contributed by atoms with Crippen LogP contribution in [0.1, 0.15) is 25.5 Å². The number of hydrogen-bond donors (Lipinski definition) is 1. The first-order chi connectivity index (χ1) is 10.7. The molecule has 3 heterocycles. The van der Waals surface area contributed by atoms with Crippen LogP contribution in [0.5, 0.6) is 0 Å². The first kappa shape index (κ1) is 15.4. The van der Waals surface area contributed by atoms with Crippen LogP contribution in [0.4, 0.5) is 5.13 Å². The van der Waals surface area contributed by atoms with Crippen LogP contribution < -0.4 is 10.5 Å². The van der Waals surface area contributed by atoms with Gasteiger partial charge in [0.1, 0.15) is 0 Å². The third-order valence-electron chi connectivity index (χ3n) is 3.74. The number of fused-ring (bicyclic) bond motifs is 1. The summed E-state index contributed by atoms with van der Waals surface area (Å²) in [6.07, 6.45) is 2.83. The van der Waals surface area contributed by atoms with Crippen molar-refractivity contribution < 1.29 is 9.84 Å². The van der Waals surface area contributed by atoms with Gasteiger partial charge in [-0.25, -0.2) is 4.98 Å². The molecule has 1 unspecified atom stereocenters. The van der Waals surface area contributed by atoms with E-state index in [4.69, 9.17) is 9.84 Å². The van der Waals surface area contributed by atoms with E-state index in [1.807, 2.05) is 6.92 Å². The van der Waals surface area contributed by atoms with Crippen molar-refractivity contribution in [2.24, 2.45) is 0 Å². The van der Waals surface area contributed by atoms with Crippen LogP contribution in [-0.2, 0) is 11.2 Å². The predicted octanol–water partition coefficient (Wildman–Crippen LogP) is 0.691. The van der Waals surface area contributed by atoms with E-state index in [1.54, 1.807) is 6.07 Å². The number of aliphatic hydroxyl groups excluding tert-OH is 1. The van der Waals surface area contributed by atoms with E-state index < -0.39 is 0 Å². The minimum atomic E-state index is -0.130. The number of piperidine rings is 1. The van der Waals surface area contributed by atoms with Gasteiger partial charge in [0.15, 0.2) is 0 Å². The molecule has 22 heavy (non-hydrogen) atoms. The van der Waals surface area contributed by atoms with Gasteiger partial charge in [-0.3, -0.25) is 4.79 Å². The molecule has 0 saturated carbocycles. The molecule has 1 aliphatic rings. The molecule has 0 aliphatic carbocycles. The topological polar surface area (TPSA) is 80.0 Å². The second-order valence-electron chi connectivity index (χ2n) is 5.32. The average Bonchev–Trinajstić information content (AvgIpc) is 2.98. The summed E-state index contributed by atoms with van der Waals surface area (Å²) in [5.41, 5.74) is 0.664. The van der Waals surface area contributed by atoms with Gasteiger partial charge in [0.25, 0.3) is 5.56 Å². The molecule has 3 rings (SSSR count). The highest BCUT2D eigenvalue weighted by Crippen LogP contribution is 2.25. The van der Waals surface area contributed by atoms with Crippen LogP contribution in [0, 0.1) is 0 Å². The maximum atomic E-state index is 12.1. The summed E-state index contributed by atoms with van der Waals surface area (Å²) >= 11 is 1.44. The lowest BCUT2D eigenvalue weighted by Crippen LogP contribution is -2.40. The predicted molar refractivity (Wildman–Crippen MR) is 84.8 cm³/mol. The Balaban J connectivity index is 1.83. The molecule has 0 aromatic carbocycles. The molecule has 1 saturated heterocycles. The van der Waals surface area contributed by atoms with E-state index in [0.717, 1.165) is 43.2 Å². The van der Waals surface area contributed by atoms with Crippen LogP contribution in [0.2, 0.25) is 0 Å². The first-order valence-electron chi connectivity index (χ1n) is 7.58. The lowest BCUT2D eigenvalue weighted by molar-refractivity contribution is 0.0214. The number of hydrogen-bond acceptors (Lipinski definition) is 7. The summed E-state index contributed by atoms with van der Waals surface area (Å²) < 4.78 is 6.99. The van der Waals surface area contributed by atoms with Crippen LogP contribution in [0.3, 0.4) is 0 Å². The molecular formula is C14H20N4O3S. The number of aromatic nitrogens is 3. The van der Waals surface area contributed by atoms with Gasteiger partial charge < -0.3 is 14.7 Å². The zero-order valence-corrected chi connectivity index (χ0v) is 13.4. The van der Waals surface area contributed by atoms with Crippen LogP contribution in [0.25, 0.3) is 4.96 Å². The normalized spacial score (nSPS) is 19.0. The third-order valence-corrected chi connectivity index (χ3v) is 4.71. The number of nitrogens with zero attached hydrogens (tertiary/aromatic N) is 4. The number of aliphatic hydroxyl groups is 1. The first-order valence-corrected chi connectivity index (χ1v) is 8.40. The zero-order chi connectivity index (χ0) is 15.5. The highest BCUT2D eigenvalue weighted by Gasteiger charge is 2.23. The molecule has 2 aromatic rings. The lowest BCUT2D eigenvalue weighted by atomic mass is 10.1. The van der Waals surface area contributed by atoms with E-state index in [9.17, 15) is 4.79 Å². The summed E-state index contributed by atoms with van der Waals surface area (Å²) in [5.74, 6) is 0. The molecule has 0 spiro atoms. The Bertz CT molecular complexity index is 699. The smallest absolute Gasteiger partial charge is 0.275 e. The quantitative estimate of drug-likeness (QED) is 0.872. The fraction of sp³-hybridized carbons (Fsp3) is 0.643. The maximum Gasteiger partial charge on any atom is 0.275 e. The molecule has 1 aliphatic heterocycles. The molecule has 120 valence electrons. The molecule has 7 nitrogen and oxygen atoms in total. The summed E-state index contributed by atoms with van der Waals surface area (Å²) in [5, 5.41) is 14.1. The Kier molecular flexibility index (Phi) is 4.70. The van der Waals surface area contributed by atoms with Crippen molar-refractivity contribution >= 4 is 21.4 Å². The minimum absolute atomic E-state index is 0.0384. The standard InChI is InChI=1S/C14H20N4O3S/c1-2-10-8-12(20)18-13(15-10)22-14(16-18)17-5-3-4-11(9-17)21-7-6-19/h8,11,19H,2-7,9H2,1H3. The van der Waals surface area contributed by atoms with Gasteiger partial charge in [0, 0.05) is 24.8 Å². The zero-order valence-electron chi connectivity index (χ0n) is 12.6. The van der Waals surface area contributed by atoms with E-state index in [0.29, 0.717) is 11.6 Å². The number of ether oxygens (including phenoxy) is 1. The van der Waals surface area contributed by atoms with Gasteiger partial charge in [-0.15, -0.1) is 5.10 Å². The largest absolute Gasteiger partial charge is 0.394 e. The summed E-state index contributed by atoms with van der Waals surface area (Å²) in [6, 6.07) is 1.54. The van der Waals surface area contributed by atoms with E-state index in [-0.39, 0.29) is 18.3 Å². The average molecular weight is 324 g/mol. The van der Waals surface area contributed by atoms with Gasteiger partial charge in [-0.05, 0) is 19.3 Å². The van der Waals surface area contributed by atoms with Crippen molar-refractivity contribution in [2.75, 3.05) is 31.2 Å². The monoisotopic (exact) mass is 324 g/mol. The van der Waals surface area contributed by atoms with Crippen molar-refractivity contribution in [3.63, 3.8) is 0 Å². The summed E-state index contributed by atoms with van der Waals surface area (Å²) in [4.78, 5) is 19.3. The highest BCUT2D eigenvalue weighted by molar-refractivity contribution is 7.20. The molecule has 0 radical (unpaired) electrons. The van der Waals surface area contributed by atoms with Crippen molar-refractivity contribution in [1.29, 1.82) is 0 Å². The van der Waals surface area contributed by atoms with Gasteiger partial charge in [0.2, 0.25) is 10.1 Å². The Morgan fingerprint density at radius 2 is 2.41 bits per heavy atom. The van der Waals surface area contributed by atoms with Crippen molar-refractivity contribution in [2.45, 2.75) is 32.3 Å². The Morgan fingerprint density at radius 1 is 1.55 bits per heavy atom. The summed E-state index contributed by atoms with van der Waals surface area (Å²) in [6.45, 7) is 4.01. The van der Waals surface area contributed by atoms with Crippen molar-refractivity contribution in [3.8, 4) is 0 Å². The van der Waals surface area contributed by atoms with Crippen LogP contribution in [-0.4, -0.2) is 52.1 Å². The van der Waals surface area contributed by atoms with E-state index in [2.05, 4.69) is 15.0 Å². The van der Waals surface area contributed by atoms with Gasteiger partial charge in [-0.2, -0.15) is 4.52 Å². The Morgan fingerprint density at radius 3 is 3.18 bits per heavy atom. The highest BCUT2D eigenvalue weighted by atomic mass is 32.1. The molecule has 0 amide bonds. The molecule has 1 fully saturated rings. The molecule has 8 heteroatoms. The van der Waals surface area contributed by atoms with Crippen LogP contribution >= 0.6 is 11.3 Å². The minimum Gasteiger partial charge on any atom is -0.394 e. The van der Waals surface area contributed by atoms with Gasteiger partial charge >= 0.3 is 0 Å². The van der Waals surface area contributed by atoms with Crippen molar-refractivity contribution in [3.05, 3.63) is 22.1 Å². The Hall–Kier alpha value is -1.51. The molecule has 0 bridgehead atoms. The van der Waals surface area contributed by atoms with Gasteiger partial charge in [-0.1, -0.05) is 18.3 Å². The number of anilines is 1. The molecular weight excluding hydrogens is 304 g/mol. The Labute approximate surface area is 132 Å². The number of rotatable bonds is 5. The van der Waals surface area contributed by atoms with Crippen LogP contribution in [0.15, 0.2) is 10.9 Å². The van der Waals surface area contributed by atoms with Crippen molar-refractivity contribution in [1.82, 2.24) is 14.6 Å². The van der Waals surface area contributed by atoms with Gasteiger partial charge in [0.05, 0.1) is 19.3 Å². The second kappa shape index (κ2) is 6.72. The maximum absolute atomic E-state index is 12.1. The third kappa shape index (κ3) is 3.13. The second-order valence-corrected chi connectivity index (χ2v) is 6.26. The number of aryl methyl sites for hydroxylation is 1. The van der Waals surface area contributed by atoms with E-state index in [1.165, 1.54) is 15.9 Å². The lowest BCUT2D eigenvalue weighted by Gasteiger charge is -2.31. The molecule has 2 aromatic heterocycles. The SMILES string of the molecule is CCc1cc(=O)n2nc(N3CCCC(OCCO)C3)sc2n1. The molecule has 1 N–H and O–H groups in total.